The van der Waals surface area contributed by atoms with Crippen molar-refractivity contribution in [2.24, 2.45) is 0 Å². The van der Waals surface area contributed by atoms with Gasteiger partial charge in [0.1, 0.15) is 5.75 Å². The fourth-order valence-electron chi connectivity index (χ4n) is 1.23. The first-order chi connectivity index (χ1) is 6.63. The highest BCUT2D eigenvalue weighted by Gasteiger charge is 2.02. The lowest BCUT2D eigenvalue weighted by Gasteiger charge is -2.07. The molecule has 78 valence electrons. The SMILES string of the molecule is COc1ccc(CCC(C)Br)cc1Br. The zero-order valence-corrected chi connectivity index (χ0v) is 11.6. The summed E-state index contributed by atoms with van der Waals surface area (Å²) in [4.78, 5) is 0.573. The Hall–Kier alpha value is -0.0200. The van der Waals surface area contributed by atoms with Crippen LogP contribution in [-0.4, -0.2) is 11.9 Å². The molecule has 0 spiro atoms. The number of methoxy groups -OCH3 is 1. The summed E-state index contributed by atoms with van der Waals surface area (Å²) in [5.41, 5.74) is 1.34. The van der Waals surface area contributed by atoms with E-state index in [0.29, 0.717) is 4.83 Å². The summed E-state index contributed by atoms with van der Waals surface area (Å²) in [6.07, 6.45) is 2.24. The molecule has 0 fully saturated rings. The van der Waals surface area contributed by atoms with Gasteiger partial charge in [-0.2, -0.15) is 0 Å². The second-order valence-electron chi connectivity index (χ2n) is 3.29. The summed E-state index contributed by atoms with van der Waals surface area (Å²) in [5.74, 6) is 0.889. The van der Waals surface area contributed by atoms with Crippen molar-refractivity contribution in [1.29, 1.82) is 0 Å². The van der Waals surface area contributed by atoms with Gasteiger partial charge in [-0.25, -0.2) is 0 Å². The number of ether oxygens (including phenoxy) is 1. The van der Waals surface area contributed by atoms with E-state index in [2.05, 4.69) is 50.9 Å². The van der Waals surface area contributed by atoms with Crippen LogP contribution in [0.1, 0.15) is 18.9 Å². The van der Waals surface area contributed by atoms with E-state index in [0.717, 1.165) is 23.1 Å². The van der Waals surface area contributed by atoms with Gasteiger partial charge in [0.2, 0.25) is 0 Å². The van der Waals surface area contributed by atoms with Crippen LogP contribution in [0.3, 0.4) is 0 Å². The molecule has 1 aromatic carbocycles. The van der Waals surface area contributed by atoms with Crippen molar-refractivity contribution >= 4 is 31.9 Å². The predicted octanol–water partition coefficient (Wildman–Crippen LogP) is 4.17. The first kappa shape index (κ1) is 12.1. The highest BCUT2D eigenvalue weighted by atomic mass is 79.9. The van der Waals surface area contributed by atoms with E-state index >= 15 is 0 Å². The van der Waals surface area contributed by atoms with Crippen molar-refractivity contribution in [3.8, 4) is 5.75 Å². The summed E-state index contributed by atoms with van der Waals surface area (Å²) >= 11 is 7.02. The molecule has 0 bridgehead atoms. The molecule has 14 heavy (non-hydrogen) atoms. The van der Waals surface area contributed by atoms with Crippen molar-refractivity contribution in [3.05, 3.63) is 28.2 Å². The summed E-state index contributed by atoms with van der Waals surface area (Å²) < 4.78 is 6.20. The van der Waals surface area contributed by atoms with Gasteiger partial charge in [0.05, 0.1) is 11.6 Å². The van der Waals surface area contributed by atoms with Crippen LogP contribution in [0.4, 0.5) is 0 Å². The molecule has 1 nitrogen and oxygen atoms in total. The van der Waals surface area contributed by atoms with Crippen LogP contribution in [-0.2, 0) is 6.42 Å². The molecule has 0 radical (unpaired) electrons. The van der Waals surface area contributed by atoms with Gasteiger partial charge in [0.25, 0.3) is 0 Å². The molecule has 0 N–H and O–H groups in total. The highest BCUT2D eigenvalue weighted by Crippen LogP contribution is 2.26. The van der Waals surface area contributed by atoms with E-state index in [-0.39, 0.29) is 0 Å². The lowest BCUT2D eigenvalue weighted by molar-refractivity contribution is 0.412. The average Bonchev–Trinajstić information content (AvgIpc) is 2.15. The lowest BCUT2D eigenvalue weighted by Crippen LogP contribution is -1.94. The normalized spacial score (nSPS) is 12.6. The standard InChI is InChI=1S/C11H14Br2O/c1-8(12)3-4-9-5-6-11(14-2)10(13)7-9/h5-8H,3-4H2,1-2H3. The van der Waals surface area contributed by atoms with Gasteiger partial charge in [-0.3, -0.25) is 0 Å². The number of alkyl halides is 1. The van der Waals surface area contributed by atoms with Crippen LogP contribution in [0, 0.1) is 0 Å². The third kappa shape index (κ3) is 3.62. The third-order valence-corrected chi connectivity index (χ3v) is 3.12. The number of aryl methyl sites for hydroxylation is 1. The van der Waals surface area contributed by atoms with Crippen LogP contribution in [0.5, 0.6) is 5.75 Å². The van der Waals surface area contributed by atoms with Crippen molar-refractivity contribution in [3.63, 3.8) is 0 Å². The second kappa shape index (κ2) is 5.76. The van der Waals surface area contributed by atoms with Crippen molar-refractivity contribution < 1.29 is 4.74 Å². The largest absolute Gasteiger partial charge is 0.496 e. The smallest absolute Gasteiger partial charge is 0.133 e. The Bertz CT molecular complexity index is 297. The number of halogens is 2. The number of benzene rings is 1. The minimum atomic E-state index is 0.573. The van der Waals surface area contributed by atoms with E-state index in [4.69, 9.17) is 4.74 Å². The van der Waals surface area contributed by atoms with E-state index in [1.807, 2.05) is 6.07 Å². The van der Waals surface area contributed by atoms with Gasteiger partial charge in [-0.1, -0.05) is 28.9 Å². The van der Waals surface area contributed by atoms with Gasteiger partial charge in [-0.15, -0.1) is 0 Å². The van der Waals surface area contributed by atoms with Gasteiger partial charge >= 0.3 is 0 Å². The molecule has 0 saturated carbocycles. The fraction of sp³-hybridized carbons (Fsp3) is 0.455. The molecule has 0 saturated heterocycles. The highest BCUT2D eigenvalue weighted by molar-refractivity contribution is 9.10. The monoisotopic (exact) mass is 320 g/mol. The number of hydrogen-bond donors (Lipinski definition) is 0. The molecule has 0 heterocycles. The Kier molecular flexibility index (Phi) is 4.96. The Morgan fingerprint density at radius 1 is 1.43 bits per heavy atom. The Labute approximate surface area is 102 Å². The van der Waals surface area contributed by atoms with Crippen LogP contribution in [0.25, 0.3) is 0 Å². The fourth-order valence-corrected chi connectivity index (χ4v) is 2.05. The van der Waals surface area contributed by atoms with Crippen molar-refractivity contribution in [2.45, 2.75) is 24.6 Å². The minimum absolute atomic E-state index is 0.573. The molecule has 1 unspecified atom stereocenters. The summed E-state index contributed by atoms with van der Waals surface area (Å²) in [6.45, 7) is 2.17. The minimum Gasteiger partial charge on any atom is -0.496 e. The molecule has 1 aromatic rings. The topological polar surface area (TPSA) is 9.23 Å². The molecule has 0 amide bonds. The van der Waals surface area contributed by atoms with Gasteiger partial charge in [0.15, 0.2) is 0 Å². The van der Waals surface area contributed by atoms with Crippen LogP contribution in [0.2, 0.25) is 0 Å². The quantitative estimate of drug-likeness (QED) is 0.756. The molecule has 0 aliphatic rings. The Morgan fingerprint density at radius 2 is 2.14 bits per heavy atom. The maximum atomic E-state index is 5.17. The van der Waals surface area contributed by atoms with E-state index < -0.39 is 0 Å². The molecule has 3 heteroatoms. The maximum Gasteiger partial charge on any atom is 0.133 e. The molecular weight excluding hydrogens is 308 g/mol. The van der Waals surface area contributed by atoms with Crippen LogP contribution < -0.4 is 4.74 Å². The zero-order chi connectivity index (χ0) is 10.6. The number of rotatable bonds is 4. The van der Waals surface area contributed by atoms with Crippen LogP contribution in [0.15, 0.2) is 22.7 Å². The first-order valence-electron chi connectivity index (χ1n) is 4.60. The van der Waals surface area contributed by atoms with Crippen molar-refractivity contribution in [1.82, 2.24) is 0 Å². The second-order valence-corrected chi connectivity index (χ2v) is 5.71. The molecule has 0 aromatic heterocycles. The Balaban J connectivity index is 2.66. The zero-order valence-electron chi connectivity index (χ0n) is 8.39. The molecule has 0 aliphatic heterocycles. The first-order valence-corrected chi connectivity index (χ1v) is 6.31. The lowest BCUT2D eigenvalue weighted by atomic mass is 10.1. The molecule has 1 atom stereocenters. The number of hydrogen-bond acceptors (Lipinski definition) is 1. The van der Waals surface area contributed by atoms with E-state index in [1.54, 1.807) is 7.11 Å². The van der Waals surface area contributed by atoms with Gasteiger partial charge in [-0.05, 0) is 46.5 Å². The molecular formula is C11H14Br2O. The molecule has 1 rings (SSSR count). The maximum absolute atomic E-state index is 5.17. The van der Waals surface area contributed by atoms with Gasteiger partial charge < -0.3 is 4.74 Å². The predicted molar refractivity (Wildman–Crippen MR) is 67.4 cm³/mol. The molecule has 0 aliphatic carbocycles. The summed E-state index contributed by atoms with van der Waals surface area (Å²) in [6, 6.07) is 6.23. The average molecular weight is 322 g/mol. The van der Waals surface area contributed by atoms with Crippen LogP contribution >= 0.6 is 31.9 Å². The van der Waals surface area contributed by atoms with Crippen molar-refractivity contribution in [2.75, 3.05) is 7.11 Å². The Morgan fingerprint density at radius 3 is 2.64 bits per heavy atom. The van der Waals surface area contributed by atoms with Gasteiger partial charge in [0, 0.05) is 4.83 Å². The summed E-state index contributed by atoms with van der Waals surface area (Å²) in [5, 5.41) is 0. The third-order valence-electron chi connectivity index (χ3n) is 2.05. The van der Waals surface area contributed by atoms with E-state index in [9.17, 15) is 0 Å². The van der Waals surface area contributed by atoms with E-state index in [1.165, 1.54) is 5.56 Å². The summed E-state index contributed by atoms with van der Waals surface area (Å²) in [7, 11) is 1.68.